The van der Waals surface area contributed by atoms with Gasteiger partial charge in [0.2, 0.25) is 0 Å². The van der Waals surface area contributed by atoms with Gasteiger partial charge in [0, 0.05) is 54.1 Å². The van der Waals surface area contributed by atoms with E-state index in [1.54, 1.807) is 26.0 Å². The molecule has 0 aliphatic carbocycles. The summed E-state index contributed by atoms with van der Waals surface area (Å²) in [6.07, 6.45) is 0. The molecule has 34 heavy (non-hydrogen) atoms. The van der Waals surface area contributed by atoms with Crippen molar-refractivity contribution in [2.45, 2.75) is 47.1 Å². The molecule has 0 fully saturated rings. The maximum atomic E-state index is 12.4. The SMILES string of the molecule is Cc1cc(-[s+]2c(C)ccc2C)cc(C)c1OCC(=O)OC(C)(C)C#Cc1ccc([N+](=O)[O-])cc1. The number of nitro benzene ring substituents is 1. The molecule has 1 heterocycles. The average Bonchev–Trinajstić information content (AvgIpc) is 3.09. The molecule has 0 N–H and O–H groups in total. The second-order valence-corrected chi connectivity index (χ2v) is 10.9. The molecule has 0 bridgehead atoms. The van der Waals surface area contributed by atoms with Crippen molar-refractivity contribution in [3.05, 3.63) is 85.1 Å². The van der Waals surface area contributed by atoms with Gasteiger partial charge in [0.1, 0.15) is 5.75 Å². The topological polar surface area (TPSA) is 78.7 Å². The lowest BCUT2D eigenvalue weighted by Gasteiger charge is -2.19. The number of ether oxygens (including phenoxy) is 2. The molecule has 3 rings (SSSR count). The fraction of sp³-hybridized carbons (Fsp3) is 0.296. The zero-order valence-electron chi connectivity index (χ0n) is 20.2. The summed E-state index contributed by atoms with van der Waals surface area (Å²) in [6, 6.07) is 14.5. The number of carbonyl (C=O) groups is 1. The van der Waals surface area contributed by atoms with Gasteiger partial charge in [0.15, 0.2) is 26.9 Å². The molecule has 6 nitrogen and oxygen atoms in total. The first-order chi connectivity index (χ1) is 16.0. The summed E-state index contributed by atoms with van der Waals surface area (Å²) in [6.45, 7) is 11.4. The number of benzene rings is 2. The van der Waals surface area contributed by atoms with Crippen LogP contribution >= 0.6 is 10.5 Å². The van der Waals surface area contributed by atoms with E-state index in [-0.39, 0.29) is 22.8 Å². The Kier molecular flexibility index (Phi) is 7.43. The van der Waals surface area contributed by atoms with Crippen LogP contribution in [0.2, 0.25) is 0 Å². The van der Waals surface area contributed by atoms with Crippen molar-refractivity contribution < 1.29 is 19.2 Å². The second-order valence-electron chi connectivity index (χ2n) is 8.57. The van der Waals surface area contributed by atoms with Crippen molar-refractivity contribution in [1.29, 1.82) is 0 Å². The highest BCUT2D eigenvalue weighted by Gasteiger charge is 2.23. The quantitative estimate of drug-likeness (QED) is 0.136. The van der Waals surface area contributed by atoms with Gasteiger partial charge in [-0.3, -0.25) is 10.1 Å². The first-order valence-electron chi connectivity index (χ1n) is 10.8. The van der Waals surface area contributed by atoms with Crippen LogP contribution < -0.4 is 4.74 Å². The van der Waals surface area contributed by atoms with Crippen LogP contribution in [0.3, 0.4) is 0 Å². The molecule has 0 saturated heterocycles. The smallest absolute Gasteiger partial charge is 0.345 e. The number of aryl methyl sites for hydroxylation is 4. The average molecular weight is 479 g/mol. The third-order valence-corrected chi connectivity index (χ3v) is 7.42. The van der Waals surface area contributed by atoms with E-state index in [4.69, 9.17) is 9.47 Å². The van der Waals surface area contributed by atoms with E-state index in [0.29, 0.717) is 11.3 Å². The van der Waals surface area contributed by atoms with Crippen molar-refractivity contribution in [1.82, 2.24) is 0 Å². The van der Waals surface area contributed by atoms with Crippen LogP contribution in [0.4, 0.5) is 5.69 Å². The third kappa shape index (κ3) is 6.03. The maximum absolute atomic E-state index is 12.4. The first kappa shape index (κ1) is 25.0. The fourth-order valence-corrected chi connectivity index (χ4v) is 5.86. The number of carbonyl (C=O) groups excluding carboxylic acids is 1. The monoisotopic (exact) mass is 478 g/mol. The van der Waals surface area contributed by atoms with Gasteiger partial charge in [0.25, 0.3) is 5.69 Å². The highest BCUT2D eigenvalue weighted by molar-refractivity contribution is 7.39. The van der Waals surface area contributed by atoms with Crippen LogP contribution in [0.5, 0.6) is 5.75 Å². The number of rotatable bonds is 6. The Morgan fingerprint density at radius 2 is 1.56 bits per heavy atom. The third-order valence-electron chi connectivity index (χ3n) is 5.16. The van der Waals surface area contributed by atoms with E-state index >= 15 is 0 Å². The molecule has 0 aliphatic heterocycles. The van der Waals surface area contributed by atoms with E-state index in [1.807, 2.05) is 13.8 Å². The molecule has 7 heteroatoms. The summed E-state index contributed by atoms with van der Waals surface area (Å²) >= 11 is 0. The molecule has 1 aromatic heterocycles. The number of hydrogen-bond donors (Lipinski definition) is 0. The summed E-state index contributed by atoms with van der Waals surface area (Å²) in [7, 11) is -0.0307. The van der Waals surface area contributed by atoms with Crippen LogP contribution in [-0.4, -0.2) is 23.1 Å². The van der Waals surface area contributed by atoms with Gasteiger partial charge in [-0.2, -0.15) is 0 Å². The number of thiophene rings is 1. The number of nitro groups is 1. The van der Waals surface area contributed by atoms with Gasteiger partial charge in [-0.25, -0.2) is 4.79 Å². The van der Waals surface area contributed by atoms with Crippen LogP contribution in [0.1, 0.15) is 40.3 Å². The van der Waals surface area contributed by atoms with Gasteiger partial charge in [-0.05, 0) is 63.1 Å². The maximum Gasteiger partial charge on any atom is 0.345 e. The van der Waals surface area contributed by atoms with Crippen LogP contribution in [0.15, 0.2) is 48.5 Å². The molecule has 0 saturated carbocycles. The van der Waals surface area contributed by atoms with Gasteiger partial charge >= 0.3 is 5.97 Å². The zero-order chi connectivity index (χ0) is 25.0. The molecule has 0 atom stereocenters. The largest absolute Gasteiger partial charge is 0.481 e. The molecule has 0 aliphatic rings. The number of esters is 1. The minimum Gasteiger partial charge on any atom is -0.481 e. The van der Waals surface area contributed by atoms with Crippen molar-refractivity contribution in [2.24, 2.45) is 0 Å². The van der Waals surface area contributed by atoms with E-state index < -0.39 is 16.5 Å². The normalized spacial score (nSPS) is 10.9. The van der Waals surface area contributed by atoms with E-state index in [1.165, 1.54) is 26.8 Å². The van der Waals surface area contributed by atoms with Crippen molar-refractivity contribution in [3.8, 4) is 22.5 Å². The van der Waals surface area contributed by atoms with Crippen LogP contribution in [-0.2, 0) is 9.53 Å². The Morgan fingerprint density at radius 3 is 2.09 bits per heavy atom. The summed E-state index contributed by atoms with van der Waals surface area (Å²) in [5.74, 6) is 5.94. The molecular weight excluding hydrogens is 450 g/mol. The minimum atomic E-state index is -1.05. The fourth-order valence-electron chi connectivity index (χ4n) is 3.61. The van der Waals surface area contributed by atoms with E-state index in [0.717, 1.165) is 11.1 Å². The summed E-state index contributed by atoms with van der Waals surface area (Å²) in [4.78, 5) is 26.7. The van der Waals surface area contributed by atoms with Crippen LogP contribution in [0, 0.1) is 49.7 Å². The minimum absolute atomic E-state index is 0.00563. The van der Waals surface area contributed by atoms with Gasteiger partial charge in [0.05, 0.1) is 4.92 Å². The Bertz CT molecular complexity index is 1250. The molecular formula is C27H28NO5S+. The molecule has 0 radical (unpaired) electrons. The number of nitrogens with zero attached hydrogens (tertiary/aromatic N) is 1. The molecule has 0 spiro atoms. The number of hydrogen-bond acceptors (Lipinski definition) is 5. The Labute approximate surface area is 202 Å². The van der Waals surface area contributed by atoms with Crippen LogP contribution in [0.25, 0.3) is 4.90 Å². The second kappa shape index (κ2) is 10.1. The highest BCUT2D eigenvalue weighted by Crippen LogP contribution is 2.41. The van der Waals surface area contributed by atoms with Gasteiger partial charge in [-0.15, -0.1) is 0 Å². The zero-order valence-corrected chi connectivity index (χ0v) is 21.0. The van der Waals surface area contributed by atoms with Crippen molar-refractivity contribution in [3.63, 3.8) is 0 Å². The summed E-state index contributed by atoms with van der Waals surface area (Å²) in [5, 5.41) is 10.8. The van der Waals surface area contributed by atoms with Gasteiger partial charge in [-0.1, -0.05) is 11.8 Å². The molecule has 2 aromatic carbocycles. The predicted octanol–water partition coefficient (Wildman–Crippen LogP) is 6.32. The predicted molar refractivity (Wildman–Crippen MR) is 135 cm³/mol. The Hall–Kier alpha value is -3.63. The number of non-ortho nitro benzene ring substituents is 1. The highest BCUT2D eigenvalue weighted by atomic mass is 32.2. The summed E-state index contributed by atoms with van der Waals surface area (Å²) in [5.41, 5.74) is 1.48. The van der Waals surface area contributed by atoms with Gasteiger partial charge < -0.3 is 9.47 Å². The van der Waals surface area contributed by atoms with Crippen molar-refractivity contribution in [2.75, 3.05) is 6.61 Å². The molecule has 0 unspecified atom stereocenters. The van der Waals surface area contributed by atoms with E-state index in [9.17, 15) is 14.9 Å². The first-order valence-corrected chi connectivity index (χ1v) is 12.0. The molecule has 176 valence electrons. The lowest BCUT2D eigenvalue weighted by atomic mass is 10.1. The molecule has 3 aromatic rings. The lowest BCUT2D eigenvalue weighted by molar-refractivity contribution is -0.384. The standard InChI is InChI=1S/C27H28NO5S/c1-18-15-24(34-20(3)7-8-21(34)4)16-19(2)26(18)32-17-25(29)33-27(5,6)14-13-22-9-11-23(12-10-22)28(30)31/h7-12,15-16H,17H2,1-6H3/q+1. The Morgan fingerprint density at radius 1 is 1.00 bits per heavy atom. The van der Waals surface area contributed by atoms with Crippen molar-refractivity contribution >= 4 is 22.1 Å². The molecule has 0 amide bonds. The lowest BCUT2D eigenvalue weighted by Crippen LogP contribution is -2.29. The Balaban J connectivity index is 1.65. The summed E-state index contributed by atoms with van der Waals surface area (Å²) < 4.78 is 11.3. The van der Waals surface area contributed by atoms with E-state index in [2.05, 4.69) is 50.0 Å².